The normalized spacial score (nSPS) is 14.0. The van der Waals surface area contributed by atoms with Crippen LogP contribution < -0.4 is 10.2 Å². The molecule has 0 saturated carbocycles. The summed E-state index contributed by atoms with van der Waals surface area (Å²) in [5.74, 6) is 0. The van der Waals surface area contributed by atoms with E-state index in [9.17, 15) is 10.1 Å². The molecule has 0 aliphatic carbocycles. The molecule has 0 unspecified atom stereocenters. The molecule has 0 fully saturated rings. The van der Waals surface area contributed by atoms with E-state index in [2.05, 4.69) is 22.3 Å². The summed E-state index contributed by atoms with van der Waals surface area (Å²) in [7, 11) is 0. The second-order valence-electron chi connectivity index (χ2n) is 5.15. The highest BCUT2D eigenvalue weighted by molar-refractivity contribution is 5.70. The van der Waals surface area contributed by atoms with Crippen molar-refractivity contribution in [2.75, 3.05) is 23.3 Å². The molecule has 1 N–H and O–H groups in total. The van der Waals surface area contributed by atoms with Crippen LogP contribution >= 0.6 is 0 Å². The summed E-state index contributed by atoms with van der Waals surface area (Å²) in [6, 6.07) is 15.1. The zero-order chi connectivity index (χ0) is 14.7. The summed E-state index contributed by atoms with van der Waals surface area (Å²) >= 11 is 0. The number of anilines is 2. The molecule has 0 spiro atoms. The topological polar surface area (TPSA) is 58.4 Å². The van der Waals surface area contributed by atoms with E-state index in [1.807, 2.05) is 18.2 Å². The fourth-order valence-electron chi connectivity index (χ4n) is 2.67. The monoisotopic (exact) mass is 283 g/mol. The Morgan fingerprint density at radius 1 is 1.19 bits per heavy atom. The van der Waals surface area contributed by atoms with Crippen LogP contribution in [0.15, 0.2) is 48.5 Å². The molecule has 2 aromatic carbocycles. The lowest BCUT2D eigenvalue weighted by Gasteiger charge is -2.24. The van der Waals surface area contributed by atoms with Gasteiger partial charge in [-0.05, 0) is 24.1 Å². The Morgan fingerprint density at radius 2 is 2.05 bits per heavy atom. The number of hydrogen-bond donors (Lipinski definition) is 1. The maximum atomic E-state index is 10.9. The molecule has 1 aliphatic heterocycles. The van der Waals surface area contributed by atoms with Crippen molar-refractivity contribution in [1.82, 2.24) is 0 Å². The van der Waals surface area contributed by atoms with Gasteiger partial charge in [0, 0.05) is 31.8 Å². The molecule has 2 aromatic rings. The van der Waals surface area contributed by atoms with Crippen LogP contribution in [0.5, 0.6) is 0 Å². The minimum Gasteiger partial charge on any atom is -0.383 e. The third-order valence-electron chi connectivity index (χ3n) is 3.66. The minimum atomic E-state index is -0.346. The van der Waals surface area contributed by atoms with Gasteiger partial charge in [-0.15, -0.1) is 0 Å². The fourth-order valence-corrected chi connectivity index (χ4v) is 2.67. The first-order valence-corrected chi connectivity index (χ1v) is 7.05. The lowest BCUT2D eigenvalue weighted by atomic mass is 10.1. The molecule has 5 heteroatoms. The maximum absolute atomic E-state index is 10.9. The number of non-ortho nitro benzene ring substituents is 1. The second kappa shape index (κ2) is 5.83. The third-order valence-corrected chi connectivity index (χ3v) is 3.66. The molecule has 5 nitrogen and oxygen atoms in total. The van der Waals surface area contributed by atoms with Crippen molar-refractivity contribution in [2.24, 2.45) is 0 Å². The van der Waals surface area contributed by atoms with E-state index >= 15 is 0 Å². The molecule has 0 saturated heterocycles. The smallest absolute Gasteiger partial charge is 0.269 e. The van der Waals surface area contributed by atoms with E-state index < -0.39 is 0 Å². The summed E-state index contributed by atoms with van der Waals surface area (Å²) in [6.45, 7) is 2.57. The number of benzene rings is 2. The SMILES string of the molecule is O=[N+]([O-])c1cccc(CN2CCCNc3ccccc32)c1. The summed E-state index contributed by atoms with van der Waals surface area (Å²) in [5.41, 5.74) is 3.39. The first kappa shape index (κ1) is 13.4. The lowest BCUT2D eigenvalue weighted by Crippen LogP contribution is -2.23. The van der Waals surface area contributed by atoms with Gasteiger partial charge in [-0.25, -0.2) is 0 Å². The quantitative estimate of drug-likeness (QED) is 0.692. The molecule has 1 aliphatic rings. The number of para-hydroxylation sites is 2. The molecule has 0 atom stereocenters. The molecule has 21 heavy (non-hydrogen) atoms. The van der Waals surface area contributed by atoms with Crippen molar-refractivity contribution in [2.45, 2.75) is 13.0 Å². The fraction of sp³-hybridized carbons (Fsp3) is 0.250. The number of nitrogens with one attached hydrogen (secondary N) is 1. The van der Waals surface area contributed by atoms with Gasteiger partial charge in [-0.3, -0.25) is 10.1 Å². The largest absolute Gasteiger partial charge is 0.383 e. The Bertz CT molecular complexity index is 657. The number of nitro benzene ring substituents is 1. The van der Waals surface area contributed by atoms with Crippen LogP contribution in [0.3, 0.4) is 0 Å². The average molecular weight is 283 g/mol. The van der Waals surface area contributed by atoms with Crippen LogP contribution in [0, 0.1) is 10.1 Å². The van der Waals surface area contributed by atoms with Crippen molar-refractivity contribution >= 4 is 17.1 Å². The second-order valence-corrected chi connectivity index (χ2v) is 5.15. The third kappa shape index (κ3) is 2.97. The average Bonchev–Trinajstić information content (AvgIpc) is 2.70. The van der Waals surface area contributed by atoms with Gasteiger partial charge in [0.2, 0.25) is 0 Å². The summed E-state index contributed by atoms with van der Waals surface area (Å²) in [4.78, 5) is 12.8. The summed E-state index contributed by atoms with van der Waals surface area (Å²) in [6.07, 6.45) is 1.05. The standard InChI is InChI=1S/C16H17N3O2/c20-19(21)14-6-3-5-13(11-14)12-18-10-4-9-17-15-7-1-2-8-16(15)18/h1-3,5-8,11,17H,4,9-10,12H2. The summed E-state index contributed by atoms with van der Waals surface area (Å²) in [5, 5.41) is 14.3. The van der Waals surface area contributed by atoms with Crippen molar-refractivity contribution in [3.63, 3.8) is 0 Å². The number of rotatable bonds is 3. The molecule has 108 valence electrons. The number of fused-ring (bicyclic) bond motifs is 1. The van der Waals surface area contributed by atoms with Gasteiger partial charge in [0.05, 0.1) is 16.3 Å². The highest BCUT2D eigenvalue weighted by Crippen LogP contribution is 2.29. The Hall–Kier alpha value is -2.56. The van der Waals surface area contributed by atoms with Gasteiger partial charge >= 0.3 is 0 Å². The molecular formula is C16H17N3O2. The van der Waals surface area contributed by atoms with Crippen molar-refractivity contribution < 1.29 is 4.92 Å². The van der Waals surface area contributed by atoms with E-state index in [4.69, 9.17) is 0 Å². The molecular weight excluding hydrogens is 266 g/mol. The predicted molar refractivity (Wildman–Crippen MR) is 83.7 cm³/mol. The van der Waals surface area contributed by atoms with Crippen LogP contribution in [-0.4, -0.2) is 18.0 Å². The van der Waals surface area contributed by atoms with E-state index in [-0.39, 0.29) is 10.6 Å². The Kier molecular flexibility index (Phi) is 3.73. The van der Waals surface area contributed by atoms with Crippen molar-refractivity contribution in [3.8, 4) is 0 Å². The highest BCUT2D eigenvalue weighted by atomic mass is 16.6. The number of nitrogens with zero attached hydrogens (tertiary/aromatic N) is 2. The van der Waals surface area contributed by atoms with Crippen molar-refractivity contribution in [1.29, 1.82) is 0 Å². The van der Waals surface area contributed by atoms with Gasteiger partial charge in [-0.2, -0.15) is 0 Å². The van der Waals surface area contributed by atoms with E-state index in [1.165, 1.54) is 6.07 Å². The number of nitro groups is 1. The molecule has 0 amide bonds. The van der Waals surface area contributed by atoms with E-state index in [0.717, 1.165) is 36.4 Å². The first-order valence-electron chi connectivity index (χ1n) is 7.05. The Labute approximate surface area is 123 Å². The van der Waals surface area contributed by atoms with Crippen LogP contribution in [0.1, 0.15) is 12.0 Å². The first-order chi connectivity index (χ1) is 10.2. The van der Waals surface area contributed by atoms with Crippen LogP contribution in [0.25, 0.3) is 0 Å². The van der Waals surface area contributed by atoms with Gasteiger partial charge < -0.3 is 10.2 Å². The maximum Gasteiger partial charge on any atom is 0.269 e. The van der Waals surface area contributed by atoms with E-state index in [0.29, 0.717) is 6.54 Å². The molecule has 3 rings (SSSR count). The van der Waals surface area contributed by atoms with Gasteiger partial charge in [0.15, 0.2) is 0 Å². The number of hydrogen-bond acceptors (Lipinski definition) is 4. The molecule has 0 aromatic heterocycles. The van der Waals surface area contributed by atoms with Gasteiger partial charge in [0.25, 0.3) is 5.69 Å². The van der Waals surface area contributed by atoms with E-state index in [1.54, 1.807) is 12.1 Å². The van der Waals surface area contributed by atoms with Crippen LogP contribution in [0.4, 0.5) is 17.1 Å². The molecule has 0 radical (unpaired) electrons. The zero-order valence-electron chi connectivity index (χ0n) is 11.7. The van der Waals surface area contributed by atoms with Crippen LogP contribution in [0.2, 0.25) is 0 Å². The minimum absolute atomic E-state index is 0.147. The summed E-state index contributed by atoms with van der Waals surface area (Å²) < 4.78 is 0. The molecule has 0 bridgehead atoms. The highest BCUT2D eigenvalue weighted by Gasteiger charge is 2.15. The Balaban J connectivity index is 1.87. The predicted octanol–water partition coefficient (Wildman–Crippen LogP) is 3.42. The molecule has 1 heterocycles. The van der Waals surface area contributed by atoms with Gasteiger partial charge in [0.1, 0.15) is 0 Å². The van der Waals surface area contributed by atoms with Gasteiger partial charge in [-0.1, -0.05) is 24.3 Å². The zero-order valence-corrected chi connectivity index (χ0v) is 11.7. The van der Waals surface area contributed by atoms with Crippen molar-refractivity contribution in [3.05, 3.63) is 64.2 Å². The van der Waals surface area contributed by atoms with Crippen LogP contribution in [-0.2, 0) is 6.54 Å². The Morgan fingerprint density at radius 3 is 2.90 bits per heavy atom. The lowest BCUT2D eigenvalue weighted by molar-refractivity contribution is -0.384.